The Hall–Kier alpha value is -2.02. The van der Waals surface area contributed by atoms with Crippen molar-refractivity contribution in [2.45, 2.75) is 24.8 Å². The van der Waals surface area contributed by atoms with Crippen LogP contribution < -0.4 is 14.8 Å². The van der Waals surface area contributed by atoms with Crippen molar-refractivity contribution in [3.05, 3.63) is 24.3 Å². The topological polar surface area (TPSA) is 69.2 Å². The van der Waals surface area contributed by atoms with Crippen LogP contribution >= 0.6 is 11.8 Å². The molecule has 0 radical (unpaired) electrons. The molecule has 2 rings (SSSR count). The molecule has 0 spiro atoms. The number of rotatable bonds is 6. The van der Waals surface area contributed by atoms with Gasteiger partial charge in [0.1, 0.15) is 5.75 Å². The maximum atomic E-state index is 5.65. The van der Waals surface area contributed by atoms with E-state index in [1.807, 2.05) is 44.4 Å². The number of thioether (sulfide) groups is 1. The molecular formula is C14H18N4O2S. The van der Waals surface area contributed by atoms with E-state index in [9.17, 15) is 0 Å². The van der Waals surface area contributed by atoms with Crippen LogP contribution in [0.3, 0.4) is 0 Å². The third-order valence-corrected chi connectivity index (χ3v) is 3.17. The summed E-state index contributed by atoms with van der Waals surface area (Å²) in [7, 11) is 1.73. The summed E-state index contributed by atoms with van der Waals surface area (Å²) in [4.78, 5) is 13.6. The molecule has 21 heavy (non-hydrogen) atoms. The van der Waals surface area contributed by atoms with Crippen LogP contribution in [-0.2, 0) is 0 Å². The fourth-order valence-electron chi connectivity index (χ4n) is 1.51. The maximum Gasteiger partial charge on any atom is 0.330 e. The number of hydrogen-bond acceptors (Lipinski definition) is 7. The number of nitrogens with one attached hydrogen (secondary N) is 1. The van der Waals surface area contributed by atoms with E-state index in [1.54, 1.807) is 18.8 Å². The van der Waals surface area contributed by atoms with Crippen molar-refractivity contribution in [1.29, 1.82) is 0 Å². The number of nitrogens with zero attached hydrogens (tertiary/aromatic N) is 3. The minimum Gasteiger partial charge on any atom is -0.461 e. The first-order valence-electron chi connectivity index (χ1n) is 6.53. The van der Waals surface area contributed by atoms with Gasteiger partial charge in [0.05, 0.1) is 6.10 Å². The lowest BCUT2D eigenvalue weighted by Crippen LogP contribution is -2.11. The Morgan fingerprint density at radius 2 is 1.71 bits per heavy atom. The molecule has 1 aromatic heterocycles. The zero-order valence-electron chi connectivity index (χ0n) is 12.5. The highest BCUT2D eigenvalue weighted by molar-refractivity contribution is 7.98. The molecule has 0 saturated carbocycles. The molecule has 0 bridgehead atoms. The van der Waals surface area contributed by atoms with Crippen molar-refractivity contribution < 1.29 is 9.47 Å². The molecule has 0 aliphatic rings. The van der Waals surface area contributed by atoms with Gasteiger partial charge in [0.25, 0.3) is 0 Å². The van der Waals surface area contributed by atoms with Crippen LogP contribution in [0.1, 0.15) is 13.8 Å². The predicted octanol–water partition coefficient (Wildman–Crippen LogP) is 3.21. The van der Waals surface area contributed by atoms with E-state index in [1.165, 1.54) is 0 Å². The predicted molar refractivity (Wildman–Crippen MR) is 83.4 cm³/mol. The first-order valence-corrected chi connectivity index (χ1v) is 7.75. The van der Waals surface area contributed by atoms with Gasteiger partial charge in [-0.05, 0) is 44.4 Å². The summed E-state index contributed by atoms with van der Waals surface area (Å²) in [5.74, 6) is 1.06. The minimum atomic E-state index is -0.0224. The second-order valence-corrected chi connectivity index (χ2v) is 5.30. The monoisotopic (exact) mass is 306 g/mol. The van der Waals surface area contributed by atoms with Gasteiger partial charge in [-0.1, -0.05) is 0 Å². The highest BCUT2D eigenvalue weighted by atomic mass is 32.2. The van der Waals surface area contributed by atoms with Crippen LogP contribution in [0.4, 0.5) is 5.95 Å². The number of aromatic nitrogens is 3. The fraction of sp³-hybridized carbons (Fsp3) is 0.357. The average molecular weight is 306 g/mol. The van der Waals surface area contributed by atoms with Gasteiger partial charge in [0, 0.05) is 11.9 Å². The van der Waals surface area contributed by atoms with Crippen LogP contribution in [-0.4, -0.2) is 34.4 Å². The zero-order chi connectivity index (χ0) is 15.2. The van der Waals surface area contributed by atoms with E-state index in [0.29, 0.717) is 11.7 Å². The van der Waals surface area contributed by atoms with E-state index in [2.05, 4.69) is 20.3 Å². The van der Waals surface area contributed by atoms with Gasteiger partial charge in [-0.2, -0.15) is 9.97 Å². The zero-order valence-corrected chi connectivity index (χ0v) is 13.3. The molecule has 0 atom stereocenters. The first-order chi connectivity index (χ1) is 10.1. The molecule has 0 amide bonds. The normalized spacial score (nSPS) is 10.5. The van der Waals surface area contributed by atoms with Crippen molar-refractivity contribution in [2.75, 3.05) is 18.6 Å². The Morgan fingerprint density at radius 1 is 1.05 bits per heavy atom. The molecule has 112 valence electrons. The summed E-state index contributed by atoms with van der Waals surface area (Å²) < 4.78 is 11.1. The summed E-state index contributed by atoms with van der Waals surface area (Å²) in [5.41, 5.74) is 0. The second kappa shape index (κ2) is 7.12. The number of benzene rings is 1. The molecule has 1 N–H and O–H groups in total. The molecule has 7 heteroatoms. The van der Waals surface area contributed by atoms with Gasteiger partial charge in [-0.25, -0.2) is 0 Å². The summed E-state index contributed by atoms with van der Waals surface area (Å²) >= 11 is 1.67. The van der Waals surface area contributed by atoms with Crippen molar-refractivity contribution >= 4 is 17.7 Å². The largest absolute Gasteiger partial charge is 0.461 e. The van der Waals surface area contributed by atoms with Crippen molar-refractivity contribution in [1.82, 2.24) is 15.0 Å². The first kappa shape index (κ1) is 15.4. The molecule has 0 aliphatic heterocycles. The number of ether oxygens (including phenoxy) is 2. The van der Waals surface area contributed by atoms with E-state index in [-0.39, 0.29) is 18.1 Å². The van der Waals surface area contributed by atoms with Gasteiger partial charge in [0.15, 0.2) is 0 Å². The van der Waals surface area contributed by atoms with Gasteiger partial charge >= 0.3 is 12.0 Å². The smallest absolute Gasteiger partial charge is 0.330 e. The molecule has 2 aromatic rings. The van der Waals surface area contributed by atoms with Crippen molar-refractivity contribution in [3.63, 3.8) is 0 Å². The average Bonchev–Trinajstić information content (AvgIpc) is 2.47. The molecule has 1 heterocycles. The summed E-state index contributed by atoms with van der Waals surface area (Å²) in [6.07, 6.45) is 2.00. The molecule has 0 aliphatic carbocycles. The van der Waals surface area contributed by atoms with E-state index >= 15 is 0 Å². The number of hydrogen-bond donors (Lipinski definition) is 1. The quantitative estimate of drug-likeness (QED) is 0.822. The van der Waals surface area contributed by atoms with Gasteiger partial charge in [0.2, 0.25) is 5.95 Å². The van der Waals surface area contributed by atoms with Crippen molar-refractivity contribution in [3.8, 4) is 17.8 Å². The Morgan fingerprint density at radius 3 is 2.29 bits per heavy atom. The molecular weight excluding hydrogens is 288 g/mol. The third kappa shape index (κ3) is 4.49. The lowest BCUT2D eigenvalue weighted by atomic mass is 10.3. The van der Waals surface area contributed by atoms with Crippen LogP contribution in [0.5, 0.6) is 17.8 Å². The Balaban J connectivity index is 2.20. The standard InChI is InChI=1S/C14H18N4O2S/c1-9(2)19-13-16-12(15-3)17-14(18-13)20-10-5-7-11(21-4)8-6-10/h5-9H,1-4H3,(H,15,16,17,18). The summed E-state index contributed by atoms with van der Waals surface area (Å²) in [6, 6.07) is 8.13. The highest BCUT2D eigenvalue weighted by Crippen LogP contribution is 2.23. The minimum absolute atomic E-state index is 0.0224. The number of anilines is 1. The second-order valence-electron chi connectivity index (χ2n) is 4.42. The molecule has 0 unspecified atom stereocenters. The molecule has 1 aromatic carbocycles. The van der Waals surface area contributed by atoms with Crippen LogP contribution in [0.25, 0.3) is 0 Å². The van der Waals surface area contributed by atoms with E-state index in [0.717, 1.165) is 4.90 Å². The Kier molecular flexibility index (Phi) is 5.21. The van der Waals surface area contributed by atoms with Gasteiger partial charge in [-0.15, -0.1) is 16.7 Å². The summed E-state index contributed by atoms with van der Waals surface area (Å²) in [5, 5.41) is 2.86. The van der Waals surface area contributed by atoms with E-state index < -0.39 is 0 Å². The SMILES string of the molecule is CNc1nc(Oc2ccc(SC)cc2)nc(OC(C)C)n1. The third-order valence-electron chi connectivity index (χ3n) is 2.43. The Labute approximate surface area is 128 Å². The molecule has 0 saturated heterocycles. The highest BCUT2D eigenvalue weighted by Gasteiger charge is 2.10. The van der Waals surface area contributed by atoms with Gasteiger partial charge < -0.3 is 14.8 Å². The Bertz CT molecular complexity index is 590. The van der Waals surface area contributed by atoms with Crippen LogP contribution in [0.15, 0.2) is 29.2 Å². The lowest BCUT2D eigenvalue weighted by Gasteiger charge is -2.10. The van der Waals surface area contributed by atoms with Gasteiger partial charge in [-0.3, -0.25) is 0 Å². The lowest BCUT2D eigenvalue weighted by molar-refractivity contribution is 0.218. The van der Waals surface area contributed by atoms with Crippen molar-refractivity contribution in [2.24, 2.45) is 0 Å². The van der Waals surface area contributed by atoms with Crippen LogP contribution in [0, 0.1) is 0 Å². The maximum absolute atomic E-state index is 5.65. The molecule has 0 fully saturated rings. The fourth-order valence-corrected chi connectivity index (χ4v) is 1.92. The molecule has 6 nitrogen and oxygen atoms in total. The van der Waals surface area contributed by atoms with Crippen LogP contribution in [0.2, 0.25) is 0 Å². The summed E-state index contributed by atoms with van der Waals surface area (Å²) in [6.45, 7) is 3.81. The van der Waals surface area contributed by atoms with E-state index in [4.69, 9.17) is 9.47 Å².